The van der Waals surface area contributed by atoms with Crippen molar-refractivity contribution in [3.63, 3.8) is 0 Å². The molecule has 0 bridgehead atoms. The number of allylic oxidation sites excluding steroid dienone is 1. The molecule has 0 N–H and O–H groups in total. The van der Waals surface area contributed by atoms with Gasteiger partial charge >= 0.3 is 0 Å². The maximum Gasteiger partial charge on any atom is 0.191 e. The van der Waals surface area contributed by atoms with E-state index in [0.29, 0.717) is 13.2 Å². The molecule has 0 fully saturated rings. The zero-order chi connectivity index (χ0) is 20.2. The van der Waals surface area contributed by atoms with Crippen LogP contribution in [0.3, 0.4) is 0 Å². The molecule has 0 aliphatic heterocycles. The quantitative estimate of drug-likeness (QED) is 0.317. The van der Waals surface area contributed by atoms with E-state index in [4.69, 9.17) is 4.74 Å². The number of rotatable bonds is 8. The van der Waals surface area contributed by atoms with Crippen LogP contribution in [0.4, 0.5) is 0 Å². The molecule has 0 spiro atoms. The molecule has 3 aromatic heterocycles. The summed E-state index contributed by atoms with van der Waals surface area (Å²) in [5.41, 5.74) is 4.30. The number of imidazole rings is 1. The van der Waals surface area contributed by atoms with Gasteiger partial charge in [0.1, 0.15) is 18.0 Å². The minimum Gasteiger partial charge on any atom is -0.486 e. The highest BCUT2D eigenvalue weighted by atomic mass is 32.2. The normalized spacial score (nSPS) is 11.1. The Morgan fingerprint density at radius 1 is 1.14 bits per heavy atom. The summed E-state index contributed by atoms with van der Waals surface area (Å²) in [6.45, 7) is 8.98. The van der Waals surface area contributed by atoms with Gasteiger partial charge in [-0.1, -0.05) is 30.0 Å². The van der Waals surface area contributed by atoms with Gasteiger partial charge in [-0.2, -0.15) is 0 Å². The second-order valence-corrected chi connectivity index (χ2v) is 7.84. The molecule has 0 aliphatic carbocycles. The number of aromatic nitrogens is 5. The SMILES string of the molecule is C=CCn1c(COc2cc(C)cc(C)c2)nnc1SCc1cn2ccccc2n1. The summed E-state index contributed by atoms with van der Waals surface area (Å²) in [5, 5.41) is 9.54. The molecule has 0 unspecified atom stereocenters. The third-order valence-electron chi connectivity index (χ3n) is 4.43. The molecule has 0 saturated carbocycles. The first-order valence-electron chi connectivity index (χ1n) is 9.42. The average Bonchev–Trinajstić information content (AvgIpc) is 3.28. The van der Waals surface area contributed by atoms with Gasteiger partial charge in [-0.25, -0.2) is 4.98 Å². The van der Waals surface area contributed by atoms with E-state index in [2.05, 4.69) is 41.7 Å². The molecule has 0 radical (unpaired) electrons. The lowest BCUT2D eigenvalue weighted by Crippen LogP contribution is -2.07. The monoisotopic (exact) mass is 405 g/mol. The molecule has 148 valence electrons. The zero-order valence-corrected chi connectivity index (χ0v) is 17.4. The van der Waals surface area contributed by atoms with Crippen molar-refractivity contribution in [1.82, 2.24) is 24.1 Å². The van der Waals surface area contributed by atoms with Gasteiger partial charge in [-0.15, -0.1) is 16.8 Å². The Morgan fingerprint density at radius 3 is 2.72 bits per heavy atom. The number of hydrogen-bond acceptors (Lipinski definition) is 5. The van der Waals surface area contributed by atoms with Crippen LogP contribution in [0, 0.1) is 13.8 Å². The first kappa shape index (κ1) is 19.3. The first-order valence-corrected chi connectivity index (χ1v) is 10.4. The van der Waals surface area contributed by atoms with Crippen LogP contribution < -0.4 is 4.74 Å². The Kier molecular flexibility index (Phi) is 5.67. The third-order valence-corrected chi connectivity index (χ3v) is 5.43. The van der Waals surface area contributed by atoms with Crippen LogP contribution in [0.15, 0.2) is 66.6 Å². The predicted octanol–water partition coefficient (Wildman–Crippen LogP) is 4.60. The lowest BCUT2D eigenvalue weighted by Gasteiger charge is -2.10. The summed E-state index contributed by atoms with van der Waals surface area (Å²) < 4.78 is 10.0. The van der Waals surface area contributed by atoms with Crippen molar-refractivity contribution >= 4 is 17.4 Å². The molecular formula is C22H23N5OS. The maximum atomic E-state index is 5.97. The Morgan fingerprint density at radius 2 is 1.97 bits per heavy atom. The highest BCUT2D eigenvalue weighted by molar-refractivity contribution is 7.98. The van der Waals surface area contributed by atoms with E-state index in [1.807, 2.05) is 57.8 Å². The van der Waals surface area contributed by atoms with Crippen molar-refractivity contribution in [3.05, 3.63) is 84.1 Å². The number of fused-ring (bicyclic) bond motifs is 1. The van der Waals surface area contributed by atoms with Gasteiger partial charge in [0.2, 0.25) is 0 Å². The van der Waals surface area contributed by atoms with E-state index in [1.165, 1.54) is 11.1 Å². The smallest absolute Gasteiger partial charge is 0.191 e. The van der Waals surface area contributed by atoms with Crippen molar-refractivity contribution in [2.24, 2.45) is 0 Å². The highest BCUT2D eigenvalue weighted by Crippen LogP contribution is 2.23. The second kappa shape index (κ2) is 8.53. The lowest BCUT2D eigenvalue weighted by atomic mass is 10.1. The van der Waals surface area contributed by atoms with Gasteiger partial charge in [-0.3, -0.25) is 4.57 Å². The fourth-order valence-corrected chi connectivity index (χ4v) is 4.05. The van der Waals surface area contributed by atoms with Crippen LogP contribution in [-0.4, -0.2) is 24.1 Å². The summed E-state index contributed by atoms with van der Waals surface area (Å²) in [6.07, 6.45) is 5.89. The van der Waals surface area contributed by atoms with Crippen molar-refractivity contribution in [2.45, 2.75) is 37.9 Å². The van der Waals surface area contributed by atoms with Crippen LogP contribution in [0.1, 0.15) is 22.6 Å². The van der Waals surface area contributed by atoms with Gasteiger partial charge in [0, 0.05) is 24.7 Å². The molecule has 6 nitrogen and oxygen atoms in total. The maximum absolute atomic E-state index is 5.97. The van der Waals surface area contributed by atoms with Crippen molar-refractivity contribution in [3.8, 4) is 5.75 Å². The first-order chi connectivity index (χ1) is 14.1. The van der Waals surface area contributed by atoms with Gasteiger partial charge in [-0.05, 0) is 49.2 Å². The van der Waals surface area contributed by atoms with Crippen LogP contribution in [0.25, 0.3) is 5.65 Å². The second-order valence-electron chi connectivity index (χ2n) is 6.90. The lowest BCUT2D eigenvalue weighted by molar-refractivity contribution is 0.289. The summed E-state index contributed by atoms with van der Waals surface area (Å²) in [5.74, 6) is 2.34. The topological polar surface area (TPSA) is 57.2 Å². The Balaban J connectivity index is 1.47. The van der Waals surface area contributed by atoms with Gasteiger partial charge in [0.25, 0.3) is 0 Å². The molecular weight excluding hydrogens is 382 g/mol. The average molecular weight is 406 g/mol. The molecule has 0 atom stereocenters. The van der Waals surface area contributed by atoms with Crippen molar-refractivity contribution < 1.29 is 4.74 Å². The minimum absolute atomic E-state index is 0.360. The number of thioether (sulfide) groups is 1. The summed E-state index contributed by atoms with van der Waals surface area (Å²) >= 11 is 1.61. The van der Waals surface area contributed by atoms with Crippen LogP contribution in [-0.2, 0) is 18.9 Å². The number of hydrogen-bond donors (Lipinski definition) is 0. The molecule has 4 rings (SSSR count). The van der Waals surface area contributed by atoms with E-state index >= 15 is 0 Å². The summed E-state index contributed by atoms with van der Waals surface area (Å²) in [7, 11) is 0. The number of nitrogens with zero attached hydrogens (tertiary/aromatic N) is 5. The summed E-state index contributed by atoms with van der Waals surface area (Å²) in [6, 6.07) is 12.2. The standard InChI is InChI=1S/C22H23N5OS/c1-4-8-27-21(14-28-19-11-16(2)10-17(3)12-19)24-25-22(27)29-15-18-13-26-9-6-5-7-20(26)23-18/h4-7,9-13H,1,8,14-15H2,2-3H3. The van der Waals surface area contributed by atoms with Gasteiger partial charge < -0.3 is 9.14 Å². The van der Waals surface area contributed by atoms with E-state index in [1.54, 1.807) is 11.8 Å². The summed E-state index contributed by atoms with van der Waals surface area (Å²) in [4.78, 5) is 4.64. The fraction of sp³-hybridized carbons (Fsp3) is 0.227. The molecule has 0 saturated heterocycles. The van der Waals surface area contributed by atoms with Gasteiger partial charge in [0.15, 0.2) is 11.0 Å². The molecule has 1 aromatic carbocycles. The van der Waals surface area contributed by atoms with Crippen LogP contribution in [0.5, 0.6) is 5.75 Å². The molecule has 29 heavy (non-hydrogen) atoms. The number of benzene rings is 1. The Hall–Kier alpha value is -3.06. The van der Waals surface area contributed by atoms with Gasteiger partial charge in [0.05, 0.1) is 5.69 Å². The third kappa shape index (κ3) is 4.51. The van der Waals surface area contributed by atoms with Crippen molar-refractivity contribution in [2.75, 3.05) is 0 Å². The molecule has 0 aliphatic rings. The van der Waals surface area contributed by atoms with E-state index in [0.717, 1.165) is 33.8 Å². The fourth-order valence-electron chi connectivity index (χ4n) is 3.20. The predicted molar refractivity (Wildman–Crippen MR) is 115 cm³/mol. The number of ether oxygens (including phenoxy) is 1. The largest absolute Gasteiger partial charge is 0.486 e. The number of pyridine rings is 1. The minimum atomic E-state index is 0.360. The Labute approximate surface area is 174 Å². The number of aryl methyl sites for hydroxylation is 2. The molecule has 7 heteroatoms. The highest BCUT2D eigenvalue weighted by Gasteiger charge is 2.13. The van der Waals surface area contributed by atoms with E-state index < -0.39 is 0 Å². The van der Waals surface area contributed by atoms with Crippen molar-refractivity contribution in [1.29, 1.82) is 0 Å². The molecule has 4 aromatic rings. The van der Waals surface area contributed by atoms with E-state index in [-0.39, 0.29) is 0 Å². The molecule has 0 amide bonds. The zero-order valence-electron chi connectivity index (χ0n) is 16.6. The van der Waals surface area contributed by atoms with Crippen LogP contribution >= 0.6 is 11.8 Å². The van der Waals surface area contributed by atoms with E-state index in [9.17, 15) is 0 Å². The Bertz CT molecular complexity index is 1090. The molecule has 3 heterocycles. The van der Waals surface area contributed by atoms with Crippen LogP contribution in [0.2, 0.25) is 0 Å².